The molecule has 0 atom stereocenters. The van der Waals surface area contributed by atoms with Crippen molar-refractivity contribution in [2.24, 2.45) is 0 Å². The van der Waals surface area contributed by atoms with Crippen LogP contribution in [0.4, 0.5) is 10.3 Å². The second-order valence-electron chi connectivity index (χ2n) is 5.01. The van der Waals surface area contributed by atoms with E-state index in [-0.39, 0.29) is 5.82 Å². The highest BCUT2D eigenvalue weighted by Gasteiger charge is 2.11. The maximum atomic E-state index is 14.1. The van der Waals surface area contributed by atoms with Crippen molar-refractivity contribution in [1.29, 1.82) is 0 Å². The lowest BCUT2D eigenvalue weighted by atomic mass is 10.2. The molecule has 0 saturated heterocycles. The molecule has 0 radical (unpaired) electrons. The SMILES string of the molecule is CCOCCCNc1nc(C)cn1-c1ccc(C)cc1F. The van der Waals surface area contributed by atoms with Crippen LogP contribution in [0.3, 0.4) is 0 Å². The highest BCUT2D eigenvalue weighted by Crippen LogP contribution is 2.20. The van der Waals surface area contributed by atoms with Gasteiger partial charge in [0, 0.05) is 26.0 Å². The predicted octanol–water partition coefficient (Wildman–Crippen LogP) is 3.47. The molecule has 1 heterocycles. The smallest absolute Gasteiger partial charge is 0.207 e. The van der Waals surface area contributed by atoms with Crippen LogP contribution in [0.2, 0.25) is 0 Å². The molecule has 1 aromatic heterocycles. The van der Waals surface area contributed by atoms with Gasteiger partial charge in [0.1, 0.15) is 5.82 Å². The highest BCUT2D eigenvalue weighted by molar-refractivity contribution is 5.45. The molecule has 0 spiro atoms. The van der Waals surface area contributed by atoms with Gasteiger partial charge in [-0.2, -0.15) is 0 Å². The summed E-state index contributed by atoms with van der Waals surface area (Å²) in [5, 5.41) is 3.24. The Balaban J connectivity index is 2.13. The Labute approximate surface area is 125 Å². The number of nitrogens with zero attached hydrogens (tertiary/aromatic N) is 2. The number of benzene rings is 1. The maximum absolute atomic E-state index is 14.1. The van der Waals surface area contributed by atoms with Gasteiger partial charge in [0.25, 0.3) is 0 Å². The molecule has 1 aromatic carbocycles. The van der Waals surface area contributed by atoms with Crippen LogP contribution in [0.25, 0.3) is 5.69 Å². The van der Waals surface area contributed by atoms with Gasteiger partial charge < -0.3 is 10.1 Å². The first-order valence-corrected chi connectivity index (χ1v) is 7.26. The van der Waals surface area contributed by atoms with Crippen molar-refractivity contribution in [3.63, 3.8) is 0 Å². The van der Waals surface area contributed by atoms with E-state index in [4.69, 9.17) is 4.74 Å². The topological polar surface area (TPSA) is 39.1 Å². The summed E-state index contributed by atoms with van der Waals surface area (Å²) in [4.78, 5) is 4.41. The summed E-state index contributed by atoms with van der Waals surface area (Å²) < 4.78 is 21.2. The number of imidazole rings is 1. The van der Waals surface area contributed by atoms with Gasteiger partial charge in [-0.15, -0.1) is 0 Å². The molecule has 0 aliphatic carbocycles. The standard InChI is InChI=1S/C16H22FN3O/c1-4-21-9-5-8-18-16-19-13(3)11-20(16)15-7-6-12(2)10-14(15)17/h6-7,10-11H,4-5,8-9H2,1-3H3,(H,18,19). The number of nitrogens with one attached hydrogen (secondary N) is 1. The van der Waals surface area contributed by atoms with E-state index in [1.54, 1.807) is 10.6 Å². The second-order valence-corrected chi connectivity index (χ2v) is 5.01. The van der Waals surface area contributed by atoms with Gasteiger partial charge in [-0.3, -0.25) is 4.57 Å². The lowest BCUT2D eigenvalue weighted by Gasteiger charge is -2.11. The van der Waals surface area contributed by atoms with Gasteiger partial charge in [-0.1, -0.05) is 6.07 Å². The lowest BCUT2D eigenvalue weighted by molar-refractivity contribution is 0.147. The molecule has 0 saturated carbocycles. The Morgan fingerprint density at radius 1 is 1.33 bits per heavy atom. The van der Waals surface area contributed by atoms with E-state index in [0.717, 1.165) is 30.8 Å². The number of hydrogen-bond acceptors (Lipinski definition) is 3. The molecule has 2 rings (SSSR count). The normalized spacial score (nSPS) is 10.9. The maximum Gasteiger partial charge on any atom is 0.207 e. The third-order valence-electron chi connectivity index (χ3n) is 3.14. The van der Waals surface area contributed by atoms with Crippen LogP contribution in [0.5, 0.6) is 0 Å². The second kappa shape index (κ2) is 7.22. The van der Waals surface area contributed by atoms with Crippen LogP contribution in [0.15, 0.2) is 24.4 Å². The van der Waals surface area contributed by atoms with Gasteiger partial charge in [0.15, 0.2) is 0 Å². The molecular formula is C16H22FN3O. The molecule has 0 bridgehead atoms. The Morgan fingerprint density at radius 3 is 2.86 bits per heavy atom. The number of halogens is 1. The fourth-order valence-corrected chi connectivity index (χ4v) is 2.13. The molecule has 2 aromatic rings. The molecule has 1 N–H and O–H groups in total. The minimum Gasteiger partial charge on any atom is -0.382 e. The van der Waals surface area contributed by atoms with E-state index in [9.17, 15) is 4.39 Å². The summed E-state index contributed by atoms with van der Waals surface area (Å²) in [6, 6.07) is 5.20. The fraction of sp³-hybridized carbons (Fsp3) is 0.438. The van der Waals surface area contributed by atoms with Crippen molar-refractivity contribution in [2.45, 2.75) is 27.2 Å². The first-order chi connectivity index (χ1) is 10.1. The minimum atomic E-state index is -0.246. The average molecular weight is 291 g/mol. The van der Waals surface area contributed by atoms with Gasteiger partial charge in [0.05, 0.1) is 11.4 Å². The number of aromatic nitrogens is 2. The summed E-state index contributed by atoms with van der Waals surface area (Å²) in [5.41, 5.74) is 2.26. The number of hydrogen-bond donors (Lipinski definition) is 1. The summed E-state index contributed by atoms with van der Waals surface area (Å²) in [6.07, 6.45) is 2.72. The average Bonchev–Trinajstić information content (AvgIpc) is 2.79. The van der Waals surface area contributed by atoms with Crippen molar-refractivity contribution < 1.29 is 9.13 Å². The van der Waals surface area contributed by atoms with E-state index >= 15 is 0 Å². The zero-order valence-electron chi connectivity index (χ0n) is 12.8. The largest absolute Gasteiger partial charge is 0.382 e. The number of rotatable bonds is 7. The van der Waals surface area contributed by atoms with Gasteiger partial charge >= 0.3 is 0 Å². The van der Waals surface area contributed by atoms with Crippen LogP contribution < -0.4 is 5.32 Å². The molecule has 21 heavy (non-hydrogen) atoms. The number of aryl methyl sites for hydroxylation is 2. The lowest BCUT2D eigenvalue weighted by Crippen LogP contribution is -2.10. The first-order valence-electron chi connectivity index (χ1n) is 7.26. The monoisotopic (exact) mass is 291 g/mol. The van der Waals surface area contributed by atoms with Crippen molar-refractivity contribution in [2.75, 3.05) is 25.1 Å². The van der Waals surface area contributed by atoms with Gasteiger partial charge in [-0.25, -0.2) is 9.37 Å². The number of ether oxygens (including phenoxy) is 1. The molecule has 0 aliphatic rings. The first kappa shape index (κ1) is 15.5. The molecule has 0 amide bonds. The Kier molecular flexibility index (Phi) is 5.33. The fourth-order valence-electron chi connectivity index (χ4n) is 2.13. The zero-order chi connectivity index (χ0) is 15.2. The van der Waals surface area contributed by atoms with Crippen LogP contribution in [-0.4, -0.2) is 29.3 Å². The molecule has 114 valence electrons. The molecule has 0 aliphatic heterocycles. The van der Waals surface area contributed by atoms with E-state index in [0.29, 0.717) is 18.2 Å². The molecule has 5 heteroatoms. The van der Waals surface area contributed by atoms with Gasteiger partial charge in [-0.05, 0) is 44.9 Å². The van der Waals surface area contributed by atoms with Crippen molar-refractivity contribution in [1.82, 2.24) is 9.55 Å². The van der Waals surface area contributed by atoms with Crippen LogP contribution in [0, 0.1) is 19.7 Å². The highest BCUT2D eigenvalue weighted by atomic mass is 19.1. The zero-order valence-corrected chi connectivity index (χ0v) is 12.8. The molecule has 0 unspecified atom stereocenters. The molecular weight excluding hydrogens is 269 g/mol. The van der Waals surface area contributed by atoms with Crippen molar-refractivity contribution in [3.8, 4) is 5.69 Å². The molecule has 0 fully saturated rings. The van der Waals surface area contributed by atoms with E-state index in [1.165, 1.54) is 6.07 Å². The van der Waals surface area contributed by atoms with Crippen LogP contribution in [0.1, 0.15) is 24.6 Å². The summed E-state index contributed by atoms with van der Waals surface area (Å²) in [5.74, 6) is 0.413. The van der Waals surface area contributed by atoms with E-state index in [1.807, 2.05) is 33.0 Å². The molecule has 4 nitrogen and oxygen atoms in total. The summed E-state index contributed by atoms with van der Waals surface area (Å²) in [6.45, 7) is 7.92. The van der Waals surface area contributed by atoms with Crippen LogP contribution in [-0.2, 0) is 4.74 Å². The third kappa shape index (κ3) is 4.04. The summed E-state index contributed by atoms with van der Waals surface area (Å²) in [7, 11) is 0. The Morgan fingerprint density at radius 2 is 2.14 bits per heavy atom. The summed E-state index contributed by atoms with van der Waals surface area (Å²) >= 11 is 0. The van der Waals surface area contributed by atoms with Crippen LogP contribution >= 0.6 is 0 Å². The Bertz CT molecular complexity index is 595. The predicted molar refractivity (Wildman–Crippen MR) is 82.6 cm³/mol. The van der Waals surface area contributed by atoms with Crippen molar-refractivity contribution >= 4 is 5.95 Å². The van der Waals surface area contributed by atoms with Gasteiger partial charge in [0.2, 0.25) is 5.95 Å². The number of anilines is 1. The Hall–Kier alpha value is -1.88. The van der Waals surface area contributed by atoms with E-state index < -0.39 is 0 Å². The minimum absolute atomic E-state index is 0.246. The van der Waals surface area contributed by atoms with Crippen molar-refractivity contribution in [3.05, 3.63) is 41.5 Å². The third-order valence-corrected chi connectivity index (χ3v) is 3.14. The quantitative estimate of drug-likeness (QED) is 0.794. The van der Waals surface area contributed by atoms with E-state index in [2.05, 4.69) is 10.3 Å².